The number of allylic oxidation sites excluding steroid dienone is 1. The molecule has 1 amide bonds. The molecule has 0 bridgehead atoms. The molecule has 35 heavy (non-hydrogen) atoms. The van der Waals surface area contributed by atoms with Gasteiger partial charge in [0.05, 0.1) is 5.57 Å². The molecule has 5 nitrogen and oxygen atoms in total. The Balaban J connectivity index is 1.92. The van der Waals surface area contributed by atoms with Crippen LogP contribution in [0.15, 0.2) is 76.4 Å². The maximum atomic E-state index is 13.8. The van der Waals surface area contributed by atoms with Crippen LogP contribution in [-0.2, 0) is 4.74 Å². The average Bonchev–Trinajstić information content (AvgIpc) is 3.32. The fourth-order valence-corrected chi connectivity index (χ4v) is 4.40. The average molecular weight is 508 g/mol. The zero-order chi connectivity index (χ0) is 25.2. The maximum Gasteiger partial charge on any atom is 0.420 e. The molecule has 0 saturated heterocycles. The van der Waals surface area contributed by atoms with Gasteiger partial charge in [-0.25, -0.2) is 19.1 Å². The number of aromatic nitrogens is 1. The molecule has 0 unspecified atom stereocenters. The van der Waals surface area contributed by atoms with Crippen molar-refractivity contribution in [2.75, 3.05) is 0 Å². The van der Waals surface area contributed by atoms with Gasteiger partial charge < -0.3 is 4.74 Å². The van der Waals surface area contributed by atoms with E-state index in [1.165, 1.54) is 28.4 Å². The Morgan fingerprint density at radius 3 is 2.54 bits per heavy atom. The number of aliphatic imine (C=N–C) groups is 1. The van der Waals surface area contributed by atoms with Gasteiger partial charge in [0.2, 0.25) is 0 Å². The molecule has 8 heteroatoms. The molecular formula is C27H23ClFN3O2S. The lowest BCUT2D eigenvalue weighted by atomic mass is 9.95. The summed E-state index contributed by atoms with van der Waals surface area (Å²) < 4.78 is 19.5. The van der Waals surface area contributed by atoms with Crippen molar-refractivity contribution < 1.29 is 13.9 Å². The smallest absolute Gasteiger partial charge is 0.420 e. The van der Waals surface area contributed by atoms with Gasteiger partial charge in [0.25, 0.3) is 0 Å². The van der Waals surface area contributed by atoms with Crippen LogP contribution in [-0.4, -0.2) is 27.4 Å². The SMILES string of the molecule is CC1=C(C#Cc2ccccc2)[C@H](c2ccc(F)cc2Cl)N=C(c2nccs2)N1C(=O)OC(C)(C)C. The summed E-state index contributed by atoms with van der Waals surface area (Å²) in [4.78, 5) is 24.0. The fraction of sp³-hybridized carbons (Fsp3) is 0.222. The molecule has 2 heterocycles. The van der Waals surface area contributed by atoms with Crippen LogP contribution in [0.4, 0.5) is 9.18 Å². The molecule has 0 fully saturated rings. The number of thiazole rings is 1. The van der Waals surface area contributed by atoms with Gasteiger partial charge in [-0.1, -0.05) is 47.7 Å². The number of hydrogen-bond donors (Lipinski definition) is 0. The number of amidine groups is 1. The maximum absolute atomic E-state index is 13.8. The van der Waals surface area contributed by atoms with E-state index in [2.05, 4.69) is 16.8 Å². The summed E-state index contributed by atoms with van der Waals surface area (Å²) in [7, 11) is 0. The third kappa shape index (κ3) is 5.61. The van der Waals surface area contributed by atoms with Gasteiger partial charge >= 0.3 is 6.09 Å². The molecule has 178 valence electrons. The number of ether oxygens (including phenoxy) is 1. The number of carbonyl (C=O) groups is 1. The predicted octanol–water partition coefficient (Wildman–Crippen LogP) is 7.00. The summed E-state index contributed by atoms with van der Waals surface area (Å²) in [5.41, 5.74) is 1.73. The highest BCUT2D eigenvalue weighted by molar-refractivity contribution is 7.11. The van der Waals surface area contributed by atoms with E-state index in [9.17, 15) is 9.18 Å². The molecule has 0 radical (unpaired) electrons. The van der Waals surface area contributed by atoms with Crippen LogP contribution >= 0.6 is 22.9 Å². The molecule has 3 aromatic rings. The van der Waals surface area contributed by atoms with Gasteiger partial charge in [-0.3, -0.25) is 4.99 Å². The summed E-state index contributed by atoms with van der Waals surface area (Å²) in [6.45, 7) is 7.17. The second kappa shape index (κ2) is 10.0. The summed E-state index contributed by atoms with van der Waals surface area (Å²) in [6.07, 6.45) is 1.05. The van der Waals surface area contributed by atoms with Crippen LogP contribution < -0.4 is 0 Å². The topological polar surface area (TPSA) is 54.8 Å². The van der Waals surface area contributed by atoms with Gasteiger partial charge in [0, 0.05) is 33.4 Å². The highest BCUT2D eigenvalue weighted by Gasteiger charge is 2.37. The molecule has 1 aliphatic heterocycles. The van der Waals surface area contributed by atoms with Crippen molar-refractivity contribution in [1.29, 1.82) is 0 Å². The number of nitrogens with zero attached hydrogens (tertiary/aromatic N) is 3. The van der Waals surface area contributed by atoms with Crippen molar-refractivity contribution in [3.8, 4) is 11.8 Å². The van der Waals surface area contributed by atoms with E-state index in [0.717, 1.165) is 5.56 Å². The molecule has 1 aromatic heterocycles. The van der Waals surface area contributed by atoms with Gasteiger partial charge in [-0.05, 0) is 52.0 Å². The number of hydrogen-bond acceptors (Lipinski definition) is 5. The van der Waals surface area contributed by atoms with E-state index in [1.54, 1.807) is 45.3 Å². The van der Waals surface area contributed by atoms with Crippen molar-refractivity contribution in [2.24, 2.45) is 4.99 Å². The van der Waals surface area contributed by atoms with Crippen LogP contribution in [0.25, 0.3) is 0 Å². The lowest BCUT2D eigenvalue weighted by molar-refractivity contribution is 0.0408. The van der Waals surface area contributed by atoms with Crippen LogP contribution in [0.2, 0.25) is 5.02 Å². The van der Waals surface area contributed by atoms with Gasteiger partial charge in [-0.15, -0.1) is 11.3 Å². The van der Waals surface area contributed by atoms with Gasteiger partial charge in [0.1, 0.15) is 17.5 Å². The number of carbonyl (C=O) groups excluding carboxylic acids is 1. The van der Waals surface area contributed by atoms with Crippen LogP contribution in [0.3, 0.4) is 0 Å². The minimum atomic E-state index is -0.724. The second-order valence-corrected chi connectivity index (χ2v) is 10.1. The molecule has 1 aliphatic rings. The molecule has 0 saturated carbocycles. The molecular weight excluding hydrogens is 485 g/mol. The monoisotopic (exact) mass is 507 g/mol. The standard InChI is InChI=1S/C27H23ClFN3O2S/c1-17-20(12-10-18-8-6-5-7-9-18)23(21-13-11-19(29)16-22(21)28)31-24(25-30-14-15-35-25)32(17)26(33)34-27(2,3)4/h5-9,11,13-16,23H,1-4H3/t23-/m1/s1. The highest BCUT2D eigenvalue weighted by Crippen LogP contribution is 2.39. The summed E-state index contributed by atoms with van der Waals surface area (Å²) in [5.74, 6) is 6.21. The van der Waals surface area contributed by atoms with Crippen LogP contribution in [0.1, 0.15) is 49.9 Å². The molecule has 0 spiro atoms. The van der Waals surface area contributed by atoms with E-state index in [1.807, 2.05) is 30.3 Å². The zero-order valence-corrected chi connectivity index (χ0v) is 21.2. The lowest BCUT2D eigenvalue weighted by Gasteiger charge is -2.33. The summed E-state index contributed by atoms with van der Waals surface area (Å²) in [6, 6.07) is 13.0. The quantitative estimate of drug-likeness (QED) is 0.351. The summed E-state index contributed by atoms with van der Waals surface area (Å²) in [5, 5.41) is 2.55. The number of benzene rings is 2. The molecule has 1 atom stereocenters. The Labute approximate surface area is 212 Å². The molecule has 0 N–H and O–H groups in total. The second-order valence-electron chi connectivity index (χ2n) is 8.79. The fourth-order valence-electron chi connectivity index (χ4n) is 3.51. The van der Waals surface area contributed by atoms with E-state index in [0.29, 0.717) is 27.7 Å². The van der Waals surface area contributed by atoms with Crippen LogP contribution in [0, 0.1) is 17.7 Å². The van der Waals surface area contributed by atoms with E-state index in [-0.39, 0.29) is 5.02 Å². The molecule has 4 rings (SSSR count). The van der Waals surface area contributed by atoms with Crippen molar-refractivity contribution in [1.82, 2.24) is 9.88 Å². The minimum Gasteiger partial charge on any atom is -0.443 e. The third-order valence-electron chi connectivity index (χ3n) is 5.03. The number of rotatable bonds is 2. The predicted molar refractivity (Wildman–Crippen MR) is 137 cm³/mol. The van der Waals surface area contributed by atoms with Gasteiger partial charge in [-0.2, -0.15) is 0 Å². The largest absolute Gasteiger partial charge is 0.443 e. The first-order valence-corrected chi connectivity index (χ1v) is 12.1. The Bertz CT molecular complexity index is 1370. The van der Waals surface area contributed by atoms with E-state index < -0.39 is 23.6 Å². The summed E-state index contributed by atoms with van der Waals surface area (Å²) >= 11 is 7.80. The van der Waals surface area contributed by atoms with Crippen molar-refractivity contribution in [3.63, 3.8) is 0 Å². The Kier molecular flexibility index (Phi) is 7.06. The van der Waals surface area contributed by atoms with Crippen LogP contribution in [0.5, 0.6) is 0 Å². The van der Waals surface area contributed by atoms with E-state index in [4.69, 9.17) is 21.3 Å². The van der Waals surface area contributed by atoms with E-state index >= 15 is 0 Å². The minimum absolute atomic E-state index is 0.217. The van der Waals surface area contributed by atoms with Crippen molar-refractivity contribution >= 4 is 34.9 Å². The molecule has 2 aromatic carbocycles. The number of amides is 1. The Morgan fingerprint density at radius 2 is 1.91 bits per heavy atom. The van der Waals surface area contributed by atoms with Crippen molar-refractivity contribution in [3.05, 3.63) is 98.4 Å². The first-order valence-electron chi connectivity index (χ1n) is 10.9. The zero-order valence-electron chi connectivity index (χ0n) is 19.7. The molecule has 0 aliphatic carbocycles. The first-order chi connectivity index (χ1) is 16.6. The lowest BCUT2D eigenvalue weighted by Crippen LogP contribution is -2.42. The Morgan fingerprint density at radius 1 is 1.17 bits per heavy atom. The highest BCUT2D eigenvalue weighted by atomic mass is 35.5. The third-order valence-corrected chi connectivity index (χ3v) is 6.13. The normalized spacial score (nSPS) is 15.9. The number of halogens is 2. The van der Waals surface area contributed by atoms with Crippen molar-refractivity contribution in [2.45, 2.75) is 39.3 Å². The van der Waals surface area contributed by atoms with Gasteiger partial charge in [0.15, 0.2) is 10.8 Å². The Hall–Kier alpha value is -3.47. The first kappa shape index (κ1) is 24.6.